The third kappa shape index (κ3) is 22.3. The zero-order valence-electron chi connectivity index (χ0n) is 22.2. The molecule has 0 saturated heterocycles. The number of carbonyl (C=O) groups is 3. The Labute approximate surface area is 213 Å². The SMILES string of the molecule is CCCC/C=C/CCCCCCCCCC[N+](CCCC(=O)O)(CCCC(=O)O)CCCC(=O)O. The van der Waals surface area contributed by atoms with Crippen LogP contribution >= 0.6 is 0 Å². The molecule has 0 heterocycles. The fraction of sp³-hybridized carbons (Fsp3) is 0.821. The first-order valence-electron chi connectivity index (χ1n) is 14.0. The fourth-order valence-corrected chi connectivity index (χ4v) is 4.70. The van der Waals surface area contributed by atoms with E-state index in [1.54, 1.807) is 0 Å². The molecule has 0 atom stereocenters. The molecule has 0 fully saturated rings. The average molecular weight is 499 g/mol. The Morgan fingerprint density at radius 2 is 0.857 bits per heavy atom. The van der Waals surface area contributed by atoms with Crippen LogP contribution in [0.2, 0.25) is 0 Å². The second kappa shape index (κ2) is 22.6. The molecule has 35 heavy (non-hydrogen) atoms. The summed E-state index contributed by atoms with van der Waals surface area (Å²) in [7, 11) is 0. The molecule has 7 heteroatoms. The van der Waals surface area contributed by atoms with Crippen LogP contribution in [-0.4, -0.2) is 63.9 Å². The van der Waals surface area contributed by atoms with E-state index in [-0.39, 0.29) is 19.3 Å². The van der Waals surface area contributed by atoms with Gasteiger partial charge in [0.15, 0.2) is 0 Å². The Hall–Kier alpha value is -1.89. The molecule has 0 aromatic heterocycles. The molecule has 0 aliphatic carbocycles. The number of carboxylic acid groups (broad SMARTS) is 3. The standard InChI is InChI=1S/C28H51NO6/c1-2-3-4-5-6-7-8-9-10-11-12-13-14-15-22-29(23-16-19-26(30)31,24-17-20-27(32)33)25-18-21-28(34)35/h5-6H,2-4,7-25H2,1H3,(H2-,30,31,32,33,34,35)/p+1/b6-5+. The van der Waals surface area contributed by atoms with E-state index in [4.69, 9.17) is 15.3 Å². The van der Waals surface area contributed by atoms with Crippen LogP contribution in [0.15, 0.2) is 12.2 Å². The molecule has 0 unspecified atom stereocenters. The van der Waals surface area contributed by atoms with E-state index in [1.165, 1.54) is 64.2 Å². The van der Waals surface area contributed by atoms with Crippen LogP contribution in [-0.2, 0) is 14.4 Å². The summed E-state index contributed by atoms with van der Waals surface area (Å²) in [5.41, 5.74) is 0. The number of allylic oxidation sites excluding steroid dienone is 2. The van der Waals surface area contributed by atoms with Gasteiger partial charge >= 0.3 is 17.9 Å². The monoisotopic (exact) mass is 498 g/mol. The molecule has 0 amide bonds. The second-order valence-electron chi connectivity index (χ2n) is 9.96. The highest BCUT2D eigenvalue weighted by Crippen LogP contribution is 2.18. The lowest BCUT2D eigenvalue weighted by Gasteiger charge is -2.39. The maximum atomic E-state index is 11.0. The van der Waals surface area contributed by atoms with Gasteiger partial charge in [-0.15, -0.1) is 0 Å². The van der Waals surface area contributed by atoms with Gasteiger partial charge < -0.3 is 19.8 Å². The van der Waals surface area contributed by atoms with E-state index in [9.17, 15) is 14.4 Å². The van der Waals surface area contributed by atoms with Gasteiger partial charge in [0.05, 0.1) is 45.4 Å². The molecule has 0 spiro atoms. The molecule has 0 aliphatic rings. The third-order valence-corrected chi connectivity index (χ3v) is 6.71. The zero-order valence-corrected chi connectivity index (χ0v) is 22.2. The Balaban J connectivity index is 4.40. The molecule has 0 radical (unpaired) electrons. The summed E-state index contributed by atoms with van der Waals surface area (Å²) in [5.74, 6) is -2.48. The van der Waals surface area contributed by atoms with E-state index in [0.717, 1.165) is 19.4 Å². The number of carboxylic acids is 3. The molecule has 7 nitrogen and oxygen atoms in total. The van der Waals surface area contributed by atoms with Crippen molar-refractivity contribution < 1.29 is 34.2 Å². The lowest BCUT2D eigenvalue weighted by Crippen LogP contribution is -2.51. The van der Waals surface area contributed by atoms with E-state index in [1.807, 2.05) is 0 Å². The predicted molar refractivity (Wildman–Crippen MR) is 141 cm³/mol. The minimum atomic E-state index is -0.827. The molecular weight excluding hydrogens is 446 g/mol. The van der Waals surface area contributed by atoms with Crippen molar-refractivity contribution in [1.29, 1.82) is 0 Å². The summed E-state index contributed by atoms with van der Waals surface area (Å²) in [6.45, 7) is 5.08. The van der Waals surface area contributed by atoms with Gasteiger partial charge in [0.2, 0.25) is 0 Å². The van der Waals surface area contributed by atoms with Gasteiger partial charge in [-0.25, -0.2) is 0 Å². The van der Waals surface area contributed by atoms with Crippen molar-refractivity contribution in [2.45, 2.75) is 122 Å². The smallest absolute Gasteiger partial charge is 0.303 e. The molecule has 0 aromatic carbocycles. The van der Waals surface area contributed by atoms with Crippen molar-refractivity contribution in [2.75, 3.05) is 26.2 Å². The van der Waals surface area contributed by atoms with Crippen LogP contribution in [0.4, 0.5) is 0 Å². The molecular formula is C28H52NO6+. The van der Waals surface area contributed by atoms with Gasteiger partial charge in [-0.1, -0.05) is 64.0 Å². The Morgan fingerprint density at radius 1 is 0.514 bits per heavy atom. The van der Waals surface area contributed by atoms with Crippen molar-refractivity contribution >= 4 is 17.9 Å². The number of rotatable bonds is 26. The van der Waals surface area contributed by atoms with Gasteiger partial charge in [-0.2, -0.15) is 0 Å². The number of unbranched alkanes of at least 4 members (excludes halogenated alkanes) is 10. The van der Waals surface area contributed by atoms with Crippen LogP contribution in [0, 0.1) is 0 Å². The van der Waals surface area contributed by atoms with Crippen molar-refractivity contribution in [3.8, 4) is 0 Å². The van der Waals surface area contributed by atoms with Crippen molar-refractivity contribution in [3.63, 3.8) is 0 Å². The number of quaternary nitrogens is 1. The van der Waals surface area contributed by atoms with Crippen LogP contribution < -0.4 is 0 Å². The lowest BCUT2D eigenvalue weighted by atomic mass is 10.1. The van der Waals surface area contributed by atoms with Crippen LogP contribution in [0.1, 0.15) is 122 Å². The maximum absolute atomic E-state index is 11.0. The Bertz CT molecular complexity index is 540. The van der Waals surface area contributed by atoms with Crippen LogP contribution in [0.3, 0.4) is 0 Å². The summed E-state index contributed by atoms with van der Waals surface area (Å²) in [6, 6.07) is 0. The van der Waals surface area contributed by atoms with Gasteiger partial charge in [0.1, 0.15) is 0 Å². The zero-order chi connectivity index (χ0) is 26.2. The molecule has 3 N–H and O–H groups in total. The first kappa shape index (κ1) is 33.1. The Morgan fingerprint density at radius 3 is 1.26 bits per heavy atom. The normalized spacial score (nSPS) is 11.8. The quantitative estimate of drug-likeness (QED) is 0.0699. The fourth-order valence-electron chi connectivity index (χ4n) is 4.70. The van der Waals surface area contributed by atoms with Crippen LogP contribution in [0.25, 0.3) is 0 Å². The van der Waals surface area contributed by atoms with Gasteiger partial charge in [0, 0.05) is 19.3 Å². The van der Waals surface area contributed by atoms with Gasteiger partial charge in [-0.05, 0) is 32.1 Å². The number of hydrogen-bond donors (Lipinski definition) is 3. The first-order valence-corrected chi connectivity index (χ1v) is 14.0. The first-order chi connectivity index (χ1) is 16.8. The second-order valence-corrected chi connectivity index (χ2v) is 9.96. The highest BCUT2D eigenvalue weighted by atomic mass is 16.4. The summed E-state index contributed by atoms with van der Waals surface area (Å²) in [5, 5.41) is 27.2. The molecule has 0 bridgehead atoms. The van der Waals surface area contributed by atoms with Crippen LogP contribution in [0.5, 0.6) is 0 Å². The molecule has 0 aromatic rings. The minimum absolute atomic E-state index is 0.0897. The predicted octanol–water partition coefficient (Wildman–Crippen LogP) is 6.65. The minimum Gasteiger partial charge on any atom is -0.481 e. The largest absolute Gasteiger partial charge is 0.481 e. The third-order valence-electron chi connectivity index (χ3n) is 6.71. The summed E-state index contributed by atoms with van der Waals surface area (Å²) in [4.78, 5) is 33.1. The van der Waals surface area contributed by atoms with Crippen molar-refractivity contribution in [3.05, 3.63) is 12.2 Å². The average Bonchev–Trinajstić information content (AvgIpc) is 2.78. The number of aliphatic carboxylic acids is 3. The molecule has 0 saturated carbocycles. The number of hydrogen-bond acceptors (Lipinski definition) is 3. The maximum Gasteiger partial charge on any atom is 0.303 e. The summed E-state index contributed by atoms with van der Waals surface area (Å²) < 4.78 is 0.639. The topological polar surface area (TPSA) is 112 Å². The van der Waals surface area contributed by atoms with Gasteiger partial charge in [0.25, 0.3) is 0 Å². The van der Waals surface area contributed by atoms with E-state index in [2.05, 4.69) is 19.1 Å². The molecule has 0 rings (SSSR count). The van der Waals surface area contributed by atoms with E-state index >= 15 is 0 Å². The summed E-state index contributed by atoms with van der Waals surface area (Å²) in [6.07, 6.45) is 21.0. The molecule has 204 valence electrons. The highest BCUT2D eigenvalue weighted by molar-refractivity contribution is 5.67. The lowest BCUT2D eigenvalue weighted by molar-refractivity contribution is -0.929. The molecule has 0 aliphatic heterocycles. The van der Waals surface area contributed by atoms with Crippen molar-refractivity contribution in [1.82, 2.24) is 0 Å². The Kier molecular flexibility index (Phi) is 21.3. The highest BCUT2D eigenvalue weighted by Gasteiger charge is 2.27. The van der Waals surface area contributed by atoms with Crippen molar-refractivity contribution in [2.24, 2.45) is 0 Å². The summed E-state index contributed by atoms with van der Waals surface area (Å²) >= 11 is 0. The number of nitrogens with zero attached hydrogens (tertiary/aromatic N) is 1. The van der Waals surface area contributed by atoms with E-state index in [0.29, 0.717) is 43.4 Å². The van der Waals surface area contributed by atoms with Gasteiger partial charge in [-0.3, -0.25) is 14.4 Å². The van der Waals surface area contributed by atoms with E-state index < -0.39 is 17.9 Å².